The Balaban J connectivity index is 2.78. The molecule has 0 aliphatic rings. The molecule has 0 aromatic carbocycles. The van der Waals surface area contributed by atoms with Crippen LogP contribution in [0.4, 0.5) is 13.2 Å². The maximum Gasteiger partial charge on any atom is 0.421 e. The number of hydrogen-bond donors (Lipinski definition) is 1. The molecule has 1 atom stereocenters. The molecule has 0 fully saturated rings. The SMILES string of the molecule is O[C@H](c1ccco1)C(F)(F)F. The van der Waals surface area contributed by atoms with E-state index in [1.54, 1.807) is 0 Å². The van der Waals surface area contributed by atoms with E-state index in [4.69, 9.17) is 5.11 Å². The van der Waals surface area contributed by atoms with E-state index < -0.39 is 18.0 Å². The molecule has 0 amide bonds. The van der Waals surface area contributed by atoms with Gasteiger partial charge in [-0.15, -0.1) is 0 Å². The molecule has 0 unspecified atom stereocenters. The van der Waals surface area contributed by atoms with E-state index in [1.807, 2.05) is 0 Å². The van der Waals surface area contributed by atoms with Gasteiger partial charge in [0.25, 0.3) is 0 Å². The Morgan fingerprint density at radius 1 is 1.45 bits per heavy atom. The van der Waals surface area contributed by atoms with Gasteiger partial charge in [0.2, 0.25) is 6.10 Å². The number of hydrogen-bond acceptors (Lipinski definition) is 2. The summed E-state index contributed by atoms with van der Waals surface area (Å²) in [6, 6.07) is 2.35. The van der Waals surface area contributed by atoms with Gasteiger partial charge in [-0.3, -0.25) is 0 Å². The van der Waals surface area contributed by atoms with Crippen LogP contribution in [0.2, 0.25) is 0 Å². The van der Waals surface area contributed by atoms with Gasteiger partial charge in [-0.1, -0.05) is 0 Å². The van der Waals surface area contributed by atoms with Crippen molar-refractivity contribution in [3.05, 3.63) is 24.2 Å². The van der Waals surface area contributed by atoms with Crippen molar-refractivity contribution < 1.29 is 22.7 Å². The lowest BCUT2D eigenvalue weighted by atomic mass is 10.3. The van der Waals surface area contributed by atoms with Crippen molar-refractivity contribution in [2.45, 2.75) is 12.3 Å². The predicted octanol–water partition coefficient (Wildman–Crippen LogP) is 1.88. The molecule has 0 spiro atoms. The highest BCUT2D eigenvalue weighted by Crippen LogP contribution is 2.32. The third kappa shape index (κ3) is 1.74. The lowest BCUT2D eigenvalue weighted by Crippen LogP contribution is -2.19. The first-order valence-electron chi connectivity index (χ1n) is 2.80. The fourth-order valence-electron chi connectivity index (χ4n) is 0.608. The summed E-state index contributed by atoms with van der Waals surface area (Å²) in [7, 11) is 0. The Hall–Kier alpha value is -0.970. The van der Waals surface area contributed by atoms with Gasteiger partial charge in [0.15, 0.2) is 0 Å². The van der Waals surface area contributed by atoms with Gasteiger partial charge >= 0.3 is 6.18 Å². The number of aliphatic hydroxyl groups excluding tert-OH is 1. The second-order valence-corrected chi connectivity index (χ2v) is 1.96. The molecular formula is C6H5F3O2. The van der Waals surface area contributed by atoms with E-state index in [1.165, 1.54) is 6.07 Å². The van der Waals surface area contributed by atoms with Crippen molar-refractivity contribution >= 4 is 0 Å². The summed E-state index contributed by atoms with van der Waals surface area (Å²) in [5.41, 5.74) is 0. The summed E-state index contributed by atoms with van der Waals surface area (Å²) in [4.78, 5) is 0. The first-order chi connectivity index (χ1) is 5.02. The van der Waals surface area contributed by atoms with Crippen LogP contribution >= 0.6 is 0 Å². The lowest BCUT2D eigenvalue weighted by molar-refractivity contribution is -0.211. The molecule has 0 saturated carbocycles. The van der Waals surface area contributed by atoms with Gasteiger partial charge in [-0.25, -0.2) is 0 Å². The summed E-state index contributed by atoms with van der Waals surface area (Å²) >= 11 is 0. The van der Waals surface area contributed by atoms with Gasteiger partial charge in [0.05, 0.1) is 6.26 Å². The first-order valence-corrected chi connectivity index (χ1v) is 2.80. The van der Waals surface area contributed by atoms with E-state index in [9.17, 15) is 13.2 Å². The van der Waals surface area contributed by atoms with Crippen LogP contribution in [0.25, 0.3) is 0 Å². The second kappa shape index (κ2) is 2.58. The molecule has 1 N–H and O–H groups in total. The molecule has 1 rings (SSSR count). The average Bonchev–Trinajstić information content (AvgIpc) is 2.34. The Kier molecular flexibility index (Phi) is 1.90. The predicted molar refractivity (Wildman–Crippen MR) is 29.7 cm³/mol. The van der Waals surface area contributed by atoms with E-state index in [-0.39, 0.29) is 0 Å². The van der Waals surface area contributed by atoms with Crippen LogP contribution < -0.4 is 0 Å². The van der Waals surface area contributed by atoms with Gasteiger partial charge < -0.3 is 9.52 Å². The summed E-state index contributed by atoms with van der Waals surface area (Å²) in [6.07, 6.45) is -6.10. The largest absolute Gasteiger partial charge is 0.466 e. The maximum atomic E-state index is 11.7. The summed E-state index contributed by atoms with van der Waals surface area (Å²) in [6.45, 7) is 0. The summed E-state index contributed by atoms with van der Waals surface area (Å²) < 4.78 is 39.5. The molecule has 0 radical (unpaired) electrons. The fraction of sp³-hybridized carbons (Fsp3) is 0.333. The third-order valence-corrected chi connectivity index (χ3v) is 1.12. The zero-order chi connectivity index (χ0) is 8.48. The molecule has 5 heteroatoms. The smallest absolute Gasteiger partial charge is 0.421 e. The van der Waals surface area contributed by atoms with Crippen molar-refractivity contribution in [2.75, 3.05) is 0 Å². The molecule has 0 saturated heterocycles. The van der Waals surface area contributed by atoms with Crippen LogP contribution in [0.1, 0.15) is 11.9 Å². The van der Waals surface area contributed by atoms with Crippen molar-refractivity contribution in [3.8, 4) is 0 Å². The number of alkyl halides is 3. The topological polar surface area (TPSA) is 33.4 Å². The molecule has 11 heavy (non-hydrogen) atoms. The maximum absolute atomic E-state index is 11.7. The van der Waals surface area contributed by atoms with Crippen molar-refractivity contribution in [2.24, 2.45) is 0 Å². The van der Waals surface area contributed by atoms with E-state index in [0.29, 0.717) is 0 Å². The normalized spacial score (nSPS) is 14.9. The standard InChI is InChI=1S/C6H5F3O2/c7-6(8,9)5(10)4-2-1-3-11-4/h1-3,5,10H/t5-/m1/s1. The highest BCUT2D eigenvalue weighted by atomic mass is 19.4. The summed E-state index contributed by atoms with van der Waals surface area (Å²) in [5.74, 6) is -0.488. The Bertz CT molecular complexity index is 214. The minimum Gasteiger partial charge on any atom is -0.466 e. The second-order valence-electron chi connectivity index (χ2n) is 1.96. The number of aliphatic hydroxyl groups is 1. The molecule has 1 heterocycles. The van der Waals surface area contributed by atoms with Crippen LogP contribution in [0, 0.1) is 0 Å². The monoisotopic (exact) mass is 166 g/mol. The Morgan fingerprint density at radius 3 is 2.45 bits per heavy atom. The first kappa shape index (κ1) is 8.13. The van der Waals surface area contributed by atoms with Gasteiger partial charge in [-0.05, 0) is 12.1 Å². The van der Waals surface area contributed by atoms with Crippen LogP contribution in [-0.4, -0.2) is 11.3 Å². The van der Waals surface area contributed by atoms with Crippen LogP contribution in [0.3, 0.4) is 0 Å². The van der Waals surface area contributed by atoms with Crippen molar-refractivity contribution in [1.82, 2.24) is 0 Å². The quantitative estimate of drug-likeness (QED) is 0.690. The van der Waals surface area contributed by atoms with E-state index in [2.05, 4.69) is 4.42 Å². The molecule has 2 nitrogen and oxygen atoms in total. The van der Waals surface area contributed by atoms with E-state index in [0.717, 1.165) is 12.3 Å². The van der Waals surface area contributed by atoms with Crippen LogP contribution in [0.15, 0.2) is 22.8 Å². The van der Waals surface area contributed by atoms with E-state index >= 15 is 0 Å². The lowest BCUT2D eigenvalue weighted by Gasteiger charge is -2.10. The van der Waals surface area contributed by atoms with Crippen LogP contribution in [-0.2, 0) is 0 Å². The molecule has 0 bridgehead atoms. The molecular weight excluding hydrogens is 161 g/mol. The molecule has 62 valence electrons. The minimum atomic E-state index is -4.65. The number of furan rings is 1. The van der Waals surface area contributed by atoms with Crippen molar-refractivity contribution in [1.29, 1.82) is 0 Å². The summed E-state index contributed by atoms with van der Waals surface area (Å²) in [5, 5.41) is 8.53. The molecule has 0 aliphatic heterocycles. The third-order valence-electron chi connectivity index (χ3n) is 1.12. The Labute approximate surface area is 60.2 Å². The highest BCUT2D eigenvalue weighted by molar-refractivity contribution is 5.03. The zero-order valence-corrected chi connectivity index (χ0v) is 5.30. The van der Waals surface area contributed by atoms with Crippen LogP contribution in [0.5, 0.6) is 0 Å². The minimum absolute atomic E-state index is 0.488. The Morgan fingerprint density at radius 2 is 2.09 bits per heavy atom. The fourth-order valence-corrected chi connectivity index (χ4v) is 0.608. The molecule has 1 aromatic rings. The number of rotatable bonds is 1. The zero-order valence-electron chi connectivity index (χ0n) is 5.30. The van der Waals surface area contributed by atoms with Gasteiger partial charge in [0.1, 0.15) is 5.76 Å². The van der Waals surface area contributed by atoms with Gasteiger partial charge in [-0.2, -0.15) is 13.2 Å². The number of halogens is 3. The molecule has 1 aromatic heterocycles. The average molecular weight is 166 g/mol. The van der Waals surface area contributed by atoms with Gasteiger partial charge in [0, 0.05) is 0 Å². The molecule has 0 aliphatic carbocycles. The van der Waals surface area contributed by atoms with Crippen molar-refractivity contribution in [3.63, 3.8) is 0 Å². The highest BCUT2D eigenvalue weighted by Gasteiger charge is 2.41.